The molecule has 0 N–H and O–H groups in total. The number of ether oxygens (including phenoxy) is 1. The molecule has 3 aromatic rings. The van der Waals surface area contributed by atoms with Gasteiger partial charge in [-0.15, -0.1) is 11.3 Å². The van der Waals surface area contributed by atoms with E-state index in [0.29, 0.717) is 27.2 Å². The van der Waals surface area contributed by atoms with E-state index in [-0.39, 0.29) is 16.9 Å². The van der Waals surface area contributed by atoms with E-state index in [1.807, 2.05) is 56.5 Å². The number of hydrogen-bond donors (Lipinski definition) is 0. The Kier molecular flexibility index (Phi) is 6.78. The van der Waals surface area contributed by atoms with Crippen LogP contribution in [0.2, 0.25) is 0 Å². The molecule has 0 saturated heterocycles. The number of carbonyl (C=O) groups excluding carboxylic acids is 1. The highest BCUT2D eigenvalue weighted by Gasteiger charge is 2.34. The largest absolute Gasteiger partial charge is 0.462 e. The number of thiophene rings is 1. The summed E-state index contributed by atoms with van der Waals surface area (Å²) in [6.45, 7) is 12.7. The number of carbonyl (C=O) groups is 1. The highest BCUT2D eigenvalue weighted by molar-refractivity contribution is 7.10. The van der Waals surface area contributed by atoms with Crippen molar-refractivity contribution in [2.75, 3.05) is 6.61 Å². The van der Waals surface area contributed by atoms with Gasteiger partial charge in [-0.1, -0.05) is 76.3 Å². The number of rotatable bonds is 5. The van der Waals surface area contributed by atoms with E-state index in [1.165, 1.54) is 28.2 Å². The Bertz CT molecular complexity index is 1400. The molecule has 1 unspecified atom stereocenters. The Balaban J connectivity index is 1.82. The van der Waals surface area contributed by atoms with Crippen LogP contribution in [0.3, 0.4) is 0 Å². The molecule has 3 heterocycles. The molecule has 2 aromatic heterocycles. The van der Waals surface area contributed by atoms with Gasteiger partial charge in [-0.3, -0.25) is 9.36 Å². The molecule has 0 radical (unpaired) electrons. The fourth-order valence-corrected chi connectivity index (χ4v) is 5.72. The average Bonchev–Trinajstić information content (AvgIpc) is 3.40. The first kappa shape index (κ1) is 24.4. The van der Waals surface area contributed by atoms with E-state index in [1.54, 1.807) is 4.57 Å². The summed E-state index contributed by atoms with van der Waals surface area (Å²) in [5.41, 5.74) is 3.13. The fourth-order valence-electron chi connectivity index (χ4n) is 3.85. The molecular weight excluding hydrogens is 464 g/mol. The summed E-state index contributed by atoms with van der Waals surface area (Å²) < 4.78 is 7.80. The van der Waals surface area contributed by atoms with Crippen molar-refractivity contribution >= 4 is 34.7 Å². The Morgan fingerprint density at radius 1 is 1.21 bits per heavy atom. The summed E-state index contributed by atoms with van der Waals surface area (Å²) in [6, 6.07) is 11.6. The fraction of sp³-hybridized carbons (Fsp3) is 0.370. The molecule has 0 saturated carbocycles. The minimum absolute atomic E-state index is 0.0662. The highest BCUT2D eigenvalue weighted by Crippen LogP contribution is 2.33. The van der Waals surface area contributed by atoms with E-state index in [0.717, 1.165) is 10.4 Å². The molecule has 1 aliphatic heterocycles. The monoisotopic (exact) mass is 494 g/mol. The summed E-state index contributed by atoms with van der Waals surface area (Å²) in [4.78, 5) is 32.9. The standard InChI is InChI=1S/C27H30N2O3S2/c1-16(2)15-32-25(31)22-17(3)28-26-29(23(22)20-8-7-13-33-20)24(30)21(34-26)14-18-9-11-19(12-10-18)27(4,5)6/h7-14,16,23H,15H2,1-6H3/b21-14+. The predicted octanol–water partition coefficient (Wildman–Crippen LogP) is 4.79. The molecular formula is C27H30N2O3S2. The molecule has 0 amide bonds. The molecule has 0 bridgehead atoms. The number of thiazole rings is 1. The van der Waals surface area contributed by atoms with Gasteiger partial charge in [0.15, 0.2) is 4.80 Å². The smallest absolute Gasteiger partial charge is 0.338 e. The highest BCUT2D eigenvalue weighted by atomic mass is 32.1. The third kappa shape index (κ3) is 4.86. The second kappa shape index (κ2) is 9.47. The number of esters is 1. The maximum Gasteiger partial charge on any atom is 0.338 e. The molecule has 178 valence electrons. The van der Waals surface area contributed by atoms with Crippen molar-refractivity contribution in [1.29, 1.82) is 0 Å². The van der Waals surface area contributed by atoms with Crippen LogP contribution < -0.4 is 14.9 Å². The van der Waals surface area contributed by atoms with Crippen molar-refractivity contribution in [3.63, 3.8) is 0 Å². The van der Waals surface area contributed by atoms with Crippen LogP contribution in [0.25, 0.3) is 6.08 Å². The molecule has 0 fully saturated rings. The maximum absolute atomic E-state index is 13.6. The first-order valence-electron chi connectivity index (χ1n) is 11.4. The van der Waals surface area contributed by atoms with Crippen molar-refractivity contribution in [3.8, 4) is 0 Å². The third-order valence-electron chi connectivity index (χ3n) is 5.68. The van der Waals surface area contributed by atoms with E-state index in [2.05, 4.69) is 37.9 Å². The summed E-state index contributed by atoms with van der Waals surface area (Å²) in [7, 11) is 0. The zero-order chi connectivity index (χ0) is 24.6. The van der Waals surface area contributed by atoms with Crippen LogP contribution in [0, 0.1) is 5.92 Å². The van der Waals surface area contributed by atoms with Gasteiger partial charge in [-0.05, 0) is 46.9 Å². The molecule has 0 aliphatic carbocycles. The van der Waals surface area contributed by atoms with E-state index in [9.17, 15) is 9.59 Å². The first-order valence-corrected chi connectivity index (χ1v) is 13.1. The van der Waals surface area contributed by atoms with Gasteiger partial charge < -0.3 is 4.74 Å². The molecule has 1 atom stereocenters. The van der Waals surface area contributed by atoms with Crippen LogP contribution >= 0.6 is 22.7 Å². The van der Waals surface area contributed by atoms with Gasteiger partial charge in [0.05, 0.1) is 22.4 Å². The van der Waals surface area contributed by atoms with Crippen LogP contribution in [-0.2, 0) is 14.9 Å². The zero-order valence-electron chi connectivity index (χ0n) is 20.4. The van der Waals surface area contributed by atoms with Gasteiger partial charge in [-0.25, -0.2) is 9.79 Å². The van der Waals surface area contributed by atoms with E-state index in [4.69, 9.17) is 4.74 Å². The summed E-state index contributed by atoms with van der Waals surface area (Å²) >= 11 is 2.87. The lowest BCUT2D eigenvalue weighted by Gasteiger charge is -2.23. The van der Waals surface area contributed by atoms with Gasteiger partial charge in [0.25, 0.3) is 5.56 Å². The Morgan fingerprint density at radius 3 is 2.50 bits per heavy atom. The Labute approximate surface area is 207 Å². The predicted molar refractivity (Wildman–Crippen MR) is 139 cm³/mol. The van der Waals surface area contributed by atoms with E-state index < -0.39 is 12.0 Å². The lowest BCUT2D eigenvalue weighted by Crippen LogP contribution is -2.39. The average molecular weight is 495 g/mol. The molecule has 34 heavy (non-hydrogen) atoms. The van der Waals surface area contributed by atoms with Crippen LogP contribution in [0.4, 0.5) is 0 Å². The zero-order valence-corrected chi connectivity index (χ0v) is 22.0. The van der Waals surface area contributed by atoms with Crippen molar-refractivity contribution in [1.82, 2.24) is 4.57 Å². The molecule has 7 heteroatoms. The van der Waals surface area contributed by atoms with Gasteiger partial charge in [0.2, 0.25) is 0 Å². The summed E-state index contributed by atoms with van der Waals surface area (Å²) in [5, 5.41) is 1.95. The number of fused-ring (bicyclic) bond motifs is 1. The van der Waals surface area contributed by atoms with Crippen molar-refractivity contribution in [3.05, 3.63) is 88.7 Å². The SMILES string of the molecule is CC1=C(C(=O)OCC(C)C)C(c2cccs2)n2c(s/c(=C/c3ccc(C(C)(C)C)cc3)c2=O)=N1. The first-order chi connectivity index (χ1) is 16.1. The second-order valence-electron chi connectivity index (χ2n) is 9.96. The topological polar surface area (TPSA) is 60.7 Å². The summed E-state index contributed by atoms with van der Waals surface area (Å²) in [6.07, 6.45) is 1.90. The van der Waals surface area contributed by atoms with Gasteiger partial charge in [0.1, 0.15) is 6.04 Å². The van der Waals surface area contributed by atoms with Crippen molar-refractivity contribution < 1.29 is 9.53 Å². The number of benzene rings is 1. The van der Waals surface area contributed by atoms with E-state index >= 15 is 0 Å². The summed E-state index contributed by atoms with van der Waals surface area (Å²) in [5.74, 6) is -0.198. The normalized spacial score (nSPS) is 16.6. The molecule has 4 rings (SSSR count). The second-order valence-corrected chi connectivity index (χ2v) is 11.9. The molecule has 5 nitrogen and oxygen atoms in total. The van der Waals surface area contributed by atoms with Crippen LogP contribution in [-0.4, -0.2) is 17.1 Å². The quantitative estimate of drug-likeness (QED) is 0.479. The minimum atomic E-state index is -0.540. The van der Waals surface area contributed by atoms with Crippen LogP contribution in [0.15, 0.2) is 62.8 Å². The van der Waals surface area contributed by atoms with Crippen molar-refractivity contribution in [2.24, 2.45) is 10.9 Å². The van der Waals surface area contributed by atoms with Crippen molar-refractivity contribution in [2.45, 2.75) is 53.0 Å². The molecule has 1 aliphatic rings. The number of hydrogen-bond acceptors (Lipinski definition) is 6. The van der Waals surface area contributed by atoms with Crippen LogP contribution in [0.5, 0.6) is 0 Å². The molecule has 1 aromatic carbocycles. The maximum atomic E-state index is 13.6. The number of nitrogens with zero attached hydrogens (tertiary/aromatic N) is 2. The van der Waals surface area contributed by atoms with Gasteiger partial charge in [-0.2, -0.15) is 0 Å². The minimum Gasteiger partial charge on any atom is -0.462 e. The Hall–Kier alpha value is -2.77. The van der Waals surface area contributed by atoms with Gasteiger partial charge >= 0.3 is 5.97 Å². The third-order valence-corrected chi connectivity index (χ3v) is 7.58. The lowest BCUT2D eigenvalue weighted by atomic mass is 9.87. The number of aromatic nitrogens is 1. The van der Waals surface area contributed by atoms with Gasteiger partial charge in [0, 0.05) is 4.88 Å². The molecule has 0 spiro atoms. The number of allylic oxidation sites excluding steroid dienone is 1. The lowest BCUT2D eigenvalue weighted by molar-refractivity contribution is -0.140. The Morgan fingerprint density at radius 2 is 1.91 bits per heavy atom. The van der Waals surface area contributed by atoms with Crippen LogP contribution in [0.1, 0.15) is 63.6 Å².